The number of carbonyl (C=O) groups is 3. The monoisotopic (exact) mass is 598 g/mol. The zero-order valence-electron chi connectivity index (χ0n) is 24.9. The van der Waals surface area contributed by atoms with Crippen molar-refractivity contribution in [2.24, 2.45) is 0 Å². The maximum Gasteiger partial charge on any atom is 0.340 e. The van der Waals surface area contributed by atoms with E-state index in [2.05, 4.69) is 10.3 Å². The largest absolute Gasteiger partial charge is 0.492 e. The number of esters is 1. The highest BCUT2D eigenvalue weighted by Crippen LogP contribution is 2.34. The number of amides is 1. The number of fused-ring (bicyclic) bond motifs is 1. The van der Waals surface area contributed by atoms with E-state index >= 15 is 0 Å². The van der Waals surface area contributed by atoms with E-state index in [4.69, 9.17) is 26.2 Å². The zero-order valence-corrected chi connectivity index (χ0v) is 25.6. The molecule has 0 aliphatic rings. The van der Waals surface area contributed by atoms with E-state index in [0.29, 0.717) is 35.9 Å². The van der Waals surface area contributed by atoms with Crippen molar-refractivity contribution in [3.8, 4) is 16.9 Å². The van der Waals surface area contributed by atoms with Gasteiger partial charge >= 0.3 is 11.9 Å². The quantitative estimate of drug-likeness (QED) is 0.107. The number of ether oxygens (including phenoxy) is 2. The second kappa shape index (κ2) is 16.2. The summed E-state index contributed by atoms with van der Waals surface area (Å²) in [6.07, 6.45) is 10.4. The van der Waals surface area contributed by atoms with Crippen molar-refractivity contribution in [1.82, 2.24) is 10.3 Å². The first-order chi connectivity index (χ1) is 20.0. The molecule has 0 saturated heterocycles. The molecular formula is C33H43ClN2O6. The number of carboxylic acid groups (broad SMARTS) is 1. The Morgan fingerprint density at radius 3 is 2.14 bits per heavy atom. The van der Waals surface area contributed by atoms with E-state index in [1.54, 1.807) is 12.3 Å². The van der Waals surface area contributed by atoms with Gasteiger partial charge in [0.1, 0.15) is 18.0 Å². The number of carboxylic acids is 1. The third-order valence-corrected chi connectivity index (χ3v) is 7.10. The lowest BCUT2D eigenvalue weighted by Crippen LogP contribution is -2.27. The number of hydrogen-bond donors (Lipinski definition) is 3. The van der Waals surface area contributed by atoms with Gasteiger partial charge in [0.05, 0.1) is 17.1 Å². The molecule has 1 aromatic heterocycles. The summed E-state index contributed by atoms with van der Waals surface area (Å²) in [6, 6.07) is 11.2. The van der Waals surface area contributed by atoms with Crippen LogP contribution in [0.15, 0.2) is 42.6 Å². The first-order valence-electron chi connectivity index (χ1n) is 14.8. The highest BCUT2D eigenvalue weighted by Gasteiger charge is 2.21. The van der Waals surface area contributed by atoms with Gasteiger partial charge in [-0.3, -0.25) is 9.59 Å². The third kappa shape index (κ3) is 11.0. The first-order valence-corrected chi connectivity index (χ1v) is 15.2. The standard InChI is InChI=1S/C33H43ClN2O6/c1-33(2,3)42-32(40)27-22-36-29-21-28(34)25(20-26(27)29)23-14-16-24(17-15-23)41-19-18-35-30(37)12-10-8-6-4-5-7-9-11-13-31(38)39/h14-17,20-22,36H,4-13,18-19H2,1-3H3,(H,35,37)(H,38,39). The summed E-state index contributed by atoms with van der Waals surface area (Å²) in [7, 11) is 0. The molecule has 1 heterocycles. The molecule has 0 fully saturated rings. The molecule has 8 nitrogen and oxygen atoms in total. The molecule has 0 atom stereocenters. The fraction of sp³-hybridized carbons (Fsp3) is 0.485. The molecule has 3 aromatic rings. The molecule has 0 spiro atoms. The molecule has 0 radical (unpaired) electrons. The highest BCUT2D eigenvalue weighted by molar-refractivity contribution is 6.34. The number of hydrogen-bond acceptors (Lipinski definition) is 5. The van der Waals surface area contributed by atoms with E-state index in [-0.39, 0.29) is 12.3 Å². The normalized spacial score (nSPS) is 11.4. The average Bonchev–Trinajstić information content (AvgIpc) is 3.34. The Balaban J connectivity index is 1.38. The molecule has 0 aliphatic heterocycles. The Labute approximate surface area is 253 Å². The third-order valence-electron chi connectivity index (χ3n) is 6.79. The SMILES string of the molecule is CC(C)(C)OC(=O)c1c[nH]c2cc(Cl)c(-c3ccc(OCCNC(=O)CCCCCCCCCCC(=O)O)cc3)cc12. The minimum absolute atomic E-state index is 0.0307. The number of H-pyrrole nitrogens is 1. The maximum absolute atomic E-state index is 12.7. The molecule has 0 saturated carbocycles. The summed E-state index contributed by atoms with van der Waals surface area (Å²) in [6.45, 7) is 6.30. The fourth-order valence-electron chi connectivity index (χ4n) is 4.67. The van der Waals surface area contributed by atoms with Gasteiger partial charge < -0.3 is 24.9 Å². The summed E-state index contributed by atoms with van der Waals surface area (Å²) in [5, 5.41) is 12.8. The second-order valence-corrected chi connectivity index (χ2v) is 11.9. The fourth-order valence-corrected chi connectivity index (χ4v) is 4.94. The number of aromatic amines is 1. The van der Waals surface area contributed by atoms with Gasteiger partial charge in [0.25, 0.3) is 0 Å². The zero-order chi connectivity index (χ0) is 30.5. The summed E-state index contributed by atoms with van der Waals surface area (Å²) in [5.74, 6) is -0.399. The number of benzene rings is 2. The van der Waals surface area contributed by atoms with E-state index in [9.17, 15) is 14.4 Å². The number of aliphatic carboxylic acids is 1. The Kier molecular flexibility index (Phi) is 12.7. The van der Waals surface area contributed by atoms with Crippen LogP contribution in [0.25, 0.3) is 22.0 Å². The lowest BCUT2D eigenvalue weighted by Gasteiger charge is -2.19. The van der Waals surface area contributed by atoms with Crippen LogP contribution in [0, 0.1) is 0 Å². The highest BCUT2D eigenvalue weighted by atomic mass is 35.5. The van der Waals surface area contributed by atoms with Gasteiger partial charge in [-0.05, 0) is 63.4 Å². The van der Waals surface area contributed by atoms with Crippen LogP contribution in [-0.4, -0.2) is 46.7 Å². The predicted molar refractivity (Wildman–Crippen MR) is 166 cm³/mol. The minimum atomic E-state index is -0.722. The van der Waals surface area contributed by atoms with Crippen molar-refractivity contribution in [3.63, 3.8) is 0 Å². The predicted octanol–water partition coefficient (Wildman–Crippen LogP) is 7.92. The van der Waals surface area contributed by atoms with Gasteiger partial charge in [0.2, 0.25) is 5.91 Å². The van der Waals surface area contributed by atoms with Crippen LogP contribution in [0.1, 0.15) is 95.3 Å². The van der Waals surface area contributed by atoms with E-state index in [1.807, 2.05) is 51.1 Å². The number of rotatable bonds is 17. The molecule has 2 aromatic carbocycles. The lowest BCUT2D eigenvalue weighted by atomic mass is 10.0. The van der Waals surface area contributed by atoms with Gasteiger partial charge in [-0.15, -0.1) is 0 Å². The van der Waals surface area contributed by atoms with Crippen LogP contribution >= 0.6 is 11.6 Å². The number of halogens is 1. The van der Waals surface area contributed by atoms with Crippen LogP contribution in [0.5, 0.6) is 5.75 Å². The van der Waals surface area contributed by atoms with Crippen molar-refractivity contribution >= 4 is 40.3 Å². The van der Waals surface area contributed by atoms with Gasteiger partial charge in [-0.1, -0.05) is 62.3 Å². The Morgan fingerprint density at radius 2 is 1.52 bits per heavy atom. The number of unbranched alkanes of at least 4 members (excludes halogenated alkanes) is 7. The molecule has 9 heteroatoms. The lowest BCUT2D eigenvalue weighted by molar-refractivity contribution is -0.137. The Hall–Kier alpha value is -3.52. The van der Waals surface area contributed by atoms with Crippen LogP contribution in [0.2, 0.25) is 5.02 Å². The number of nitrogens with one attached hydrogen (secondary N) is 2. The van der Waals surface area contributed by atoms with Gasteiger partial charge in [-0.25, -0.2) is 4.79 Å². The average molecular weight is 599 g/mol. The second-order valence-electron chi connectivity index (χ2n) is 11.5. The van der Waals surface area contributed by atoms with E-state index < -0.39 is 17.5 Å². The molecule has 42 heavy (non-hydrogen) atoms. The van der Waals surface area contributed by atoms with Crippen molar-refractivity contribution in [2.45, 2.75) is 90.6 Å². The van der Waals surface area contributed by atoms with Crippen LogP contribution in [-0.2, 0) is 14.3 Å². The van der Waals surface area contributed by atoms with Gasteiger partial charge in [0.15, 0.2) is 0 Å². The molecule has 3 N–H and O–H groups in total. The van der Waals surface area contributed by atoms with Crippen LogP contribution < -0.4 is 10.1 Å². The molecule has 3 rings (SSSR count). The topological polar surface area (TPSA) is 118 Å². The molecule has 228 valence electrons. The summed E-state index contributed by atoms with van der Waals surface area (Å²) >= 11 is 6.57. The summed E-state index contributed by atoms with van der Waals surface area (Å²) < 4.78 is 11.3. The van der Waals surface area contributed by atoms with Crippen LogP contribution in [0.4, 0.5) is 0 Å². The van der Waals surface area contributed by atoms with E-state index in [0.717, 1.165) is 73.4 Å². The maximum atomic E-state index is 12.7. The molecule has 1 amide bonds. The van der Waals surface area contributed by atoms with Crippen LogP contribution in [0.3, 0.4) is 0 Å². The smallest absolute Gasteiger partial charge is 0.340 e. The summed E-state index contributed by atoms with van der Waals surface area (Å²) in [5.41, 5.74) is 2.30. The molecular weight excluding hydrogens is 556 g/mol. The van der Waals surface area contributed by atoms with Gasteiger partial charge in [-0.2, -0.15) is 0 Å². The minimum Gasteiger partial charge on any atom is -0.492 e. The Morgan fingerprint density at radius 1 is 0.905 bits per heavy atom. The van der Waals surface area contributed by atoms with Crippen molar-refractivity contribution in [2.75, 3.05) is 13.2 Å². The summed E-state index contributed by atoms with van der Waals surface area (Å²) in [4.78, 5) is 38.4. The van der Waals surface area contributed by atoms with Crippen molar-refractivity contribution in [1.29, 1.82) is 0 Å². The molecule has 0 aliphatic carbocycles. The Bertz CT molecular complexity index is 1330. The van der Waals surface area contributed by atoms with Crippen molar-refractivity contribution < 1.29 is 29.0 Å². The number of aromatic nitrogens is 1. The van der Waals surface area contributed by atoms with E-state index in [1.165, 1.54) is 0 Å². The molecule has 0 bridgehead atoms. The van der Waals surface area contributed by atoms with Gasteiger partial charge in [0, 0.05) is 35.5 Å². The first kappa shape index (κ1) is 33.0. The molecule has 0 unspecified atom stereocenters. The number of carbonyl (C=O) groups excluding carboxylic acids is 2. The van der Waals surface area contributed by atoms with Crippen molar-refractivity contribution in [3.05, 3.63) is 53.2 Å².